The highest BCUT2D eigenvalue weighted by atomic mass is 79.9. The van der Waals surface area contributed by atoms with Crippen LogP contribution in [0.15, 0.2) is 53.0 Å². The van der Waals surface area contributed by atoms with Crippen LogP contribution in [0.4, 0.5) is 9.18 Å². The van der Waals surface area contributed by atoms with Crippen molar-refractivity contribution in [3.8, 4) is 0 Å². The Morgan fingerprint density at radius 3 is 2.58 bits per heavy atom. The summed E-state index contributed by atoms with van der Waals surface area (Å²) < 4.78 is 20.3. The zero-order valence-corrected chi connectivity index (χ0v) is 16.8. The zero-order chi connectivity index (χ0) is 19.2. The fraction of sp³-hybridized carbons (Fsp3) is 0.263. The Hall–Kier alpha value is -1.86. The summed E-state index contributed by atoms with van der Waals surface area (Å²) in [4.78, 5) is 23.7. The van der Waals surface area contributed by atoms with Gasteiger partial charge in [0, 0.05) is 22.7 Å². The van der Waals surface area contributed by atoms with Crippen molar-refractivity contribution in [2.24, 2.45) is 0 Å². The minimum absolute atomic E-state index is 0.101. The van der Waals surface area contributed by atoms with Gasteiger partial charge in [-0.15, -0.1) is 0 Å². The molecule has 2 aromatic carbocycles. The monoisotopic (exact) mass is 439 g/mol. The number of thioether (sulfide) groups is 1. The van der Waals surface area contributed by atoms with E-state index < -0.39 is 17.4 Å². The third-order valence-electron chi connectivity index (χ3n) is 3.68. The van der Waals surface area contributed by atoms with Gasteiger partial charge in [-0.2, -0.15) is 0 Å². The summed E-state index contributed by atoms with van der Waals surface area (Å²) in [6.07, 6.45) is -0.681. The molecule has 1 amide bonds. The van der Waals surface area contributed by atoms with E-state index in [0.717, 1.165) is 17.3 Å². The number of nitrogens with one attached hydrogen (secondary N) is 1. The smallest absolute Gasteiger partial charge is 0.408 e. The Bertz CT molecular complexity index is 788. The SMILES string of the molecule is CC(=O)SC[C@](C)(NC(=O)OCc1ccccc1)c1cc(Br)ccc1F. The molecule has 1 N–H and O–H groups in total. The van der Waals surface area contributed by atoms with E-state index >= 15 is 0 Å². The van der Waals surface area contributed by atoms with Gasteiger partial charge < -0.3 is 10.1 Å². The van der Waals surface area contributed by atoms with Gasteiger partial charge in [-0.25, -0.2) is 9.18 Å². The van der Waals surface area contributed by atoms with E-state index in [1.165, 1.54) is 13.0 Å². The summed E-state index contributed by atoms with van der Waals surface area (Å²) in [5, 5.41) is 2.59. The van der Waals surface area contributed by atoms with Crippen LogP contribution < -0.4 is 5.32 Å². The van der Waals surface area contributed by atoms with E-state index in [9.17, 15) is 14.0 Å². The quantitative estimate of drug-likeness (QED) is 0.686. The number of rotatable bonds is 6. The van der Waals surface area contributed by atoms with Crippen molar-refractivity contribution in [1.82, 2.24) is 5.32 Å². The molecule has 2 aromatic rings. The summed E-state index contributed by atoms with van der Waals surface area (Å²) in [5.74, 6) is -0.293. The molecule has 0 bridgehead atoms. The fourth-order valence-electron chi connectivity index (χ4n) is 2.33. The molecule has 26 heavy (non-hydrogen) atoms. The van der Waals surface area contributed by atoms with Gasteiger partial charge >= 0.3 is 6.09 Å². The molecule has 2 rings (SSSR count). The molecule has 0 saturated carbocycles. The predicted molar refractivity (Wildman–Crippen MR) is 104 cm³/mol. The number of hydrogen-bond acceptors (Lipinski definition) is 4. The van der Waals surface area contributed by atoms with Gasteiger partial charge in [0.2, 0.25) is 0 Å². The van der Waals surface area contributed by atoms with Gasteiger partial charge in [0.15, 0.2) is 5.12 Å². The Kier molecular flexibility index (Phi) is 7.23. The minimum Gasteiger partial charge on any atom is -0.445 e. The van der Waals surface area contributed by atoms with Crippen molar-refractivity contribution in [3.05, 3.63) is 69.9 Å². The van der Waals surface area contributed by atoms with E-state index in [4.69, 9.17) is 4.74 Å². The van der Waals surface area contributed by atoms with Gasteiger partial charge in [-0.3, -0.25) is 4.79 Å². The summed E-state index contributed by atoms with van der Waals surface area (Å²) >= 11 is 4.32. The summed E-state index contributed by atoms with van der Waals surface area (Å²) in [5.41, 5.74) is 0.00575. The first kappa shape index (κ1) is 20.5. The van der Waals surface area contributed by atoms with Crippen LogP contribution in [0.1, 0.15) is 25.0 Å². The van der Waals surface area contributed by atoms with Crippen molar-refractivity contribution in [2.45, 2.75) is 26.0 Å². The van der Waals surface area contributed by atoms with E-state index in [1.807, 2.05) is 30.3 Å². The Balaban J connectivity index is 2.16. The Morgan fingerprint density at radius 2 is 1.92 bits per heavy atom. The Morgan fingerprint density at radius 1 is 1.23 bits per heavy atom. The second-order valence-electron chi connectivity index (χ2n) is 5.92. The molecule has 138 valence electrons. The van der Waals surface area contributed by atoms with Gasteiger partial charge in [-0.1, -0.05) is 58.0 Å². The number of hydrogen-bond donors (Lipinski definition) is 1. The van der Waals surface area contributed by atoms with Gasteiger partial charge in [0.1, 0.15) is 12.4 Å². The van der Waals surface area contributed by atoms with Crippen LogP contribution in [0.2, 0.25) is 0 Å². The molecule has 0 aliphatic rings. The number of carbonyl (C=O) groups excluding carboxylic acids is 2. The van der Waals surface area contributed by atoms with Crippen LogP contribution in [-0.2, 0) is 21.7 Å². The third kappa shape index (κ3) is 5.85. The van der Waals surface area contributed by atoms with E-state index in [1.54, 1.807) is 19.1 Å². The van der Waals surface area contributed by atoms with Crippen LogP contribution in [-0.4, -0.2) is 17.0 Å². The summed E-state index contributed by atoms with van der Waals surface area (Å²) in [6.45, 7) is 3.19. The Labute approximate surface area is 164 Å². The first-order valence-electron chi connectivity index (χ1n) is 7.88. The standard InChI is InChI=1S/C19H19BrFNO3S/c1-13(23)26-12-19(2,16-10-15(20)8-9-17(16)21)22-18(24)25-11-14-6-4-3-5-7-14/h3-10H,11-12H2,1-2H3,(H,22,24)/t19-/m0/s1. The predicted octanol–water partition coefficient (Wildman–Crippen LogP) is 5.01. The lowest BCUT2D eigenvalue weighted by Crippen LogP contribution is -2.46. The van der Waals surface area contributed by atoms with E-state index in [2.05, 4.69) is 21.2 Å². The molecule has 0 aliphatic carbocycles. The molecule has 0 aliphatic heterocycles. The van der Waals surface area contributed by atoms with Crippen molar-refractivity contribution in [2.75, 3.05) is 5.75 Å². The van der Waals surface area contributed by atoms with Crippen molar-refractivity contribution < 1.29 is 18.7 Å². The van der Waals surface area contributed by atoms with Gasteiger partial charge in [-0.05, 0) is 30.7 Å². The number of benzene rings is 2. The molecule has 1 atom stereocenters. The number of amides is 1. The molecule has 7 heteroatoms. The molecular weight excluding hydrogens is 421 g/mol. The topological polar surface area (TPSA) is 55.4 Å². The molecule has 0 saturated heterocycles. The summed E-state index contributed by atoms with van der Waals surface area (Å²) in [7, 11) is 0. The second kappa shape index (κ2) is 9.19. The first-order chi connectivity index (χ1) is 12.3. The van der Waals surface area contributed by atoms with Crippen LogP contribution in [0.3, 0.4) is 0 Å². The highest BCUT2D eigenvalue weighted by Gasteiger charge is 2.33. The van der Waals surface area contributed by atoms with Crippen LogP contribution in [0, 0.1) is 5.82 Å². The van der Waals surface area contributed by atoms with E-state index in [0.29, 0.717) is 4.47 Å². The fourth-order valence-corrected chi connectivity index (χ4v) is 3.41. The van der Waals surface area contributed by atoms with Gasteiger partial charge in [0.05, 0.1) is 5.54 Å². The normalized spacial score (nSPS) is 12.9. The number of ether oxygens (including phenoxy) is 1. The van der Waals surface area contributed by atoms with Gasteiger partial charge in [0.25, 0.3) is 0 Å². The first-order valence-corrected chi connectivity index (χ1v) is 9.66. The van der Waals surface area contributed by atoms with Crippen LogP contribution >= 0.6 is 27.7 Å². The van der Waals surface area contributed by atoms with Crippen LogP contribution in [0.5, 0.6) is 0 Å². The largest absolute Gasteiger partial charge is 0.445 e. The molecule has 0 spiro atoms. The maximum atomic E-state index is 14.4. The molecule has 0 unspecified atom stereocenters. The third-order valence-corrected chi connectivity index (χ3v) is 5.30. The molecule has 0 heterocycles. The van der Waals surface area contributed by atoms with Crippen molar-refractivity contribution in [3.63, 3.8) is 0 Å². The molecular formula is C19H19BrFNO3S. The lowest BCUT2D eigenvalue weighted by atomic mass is 9.93. The maximum absolute atomic E-state index is 14.4. The van der Waals surface area contributed by atoms with E-state index in [-0.39, 0.29) is 23.0 Å². The van der Waals surface area contributed by atoms with Crippen molar-refractivity contribution in [1.29, 1.82) is 0 Å². The molecule has 0 aromatic heterocycles. The highest BCUT2D eigenvalue weighted by molar-refractivity contribution is 9.10. The lowest BCUT2D eigenvalue weighted by Gasteiger charge is -2.31. The number of halogens is 2. The molecule has 0 radical (unpaired) electrons. The number of carbonyl (C=O) groups is 2. The van der Waals surface area contributed by atoms with Crippen molar-refractivity contribution >= 4 is 38.9 Å². The summed E-state index contributed by atoms with van der Waals surface area (Å²) in [6, 6.07) is 13.7. The average molecular weight is 440 g/mol. The number of alkyl carbamates (subject to hydrolysis) is 1. The zero-order valence-electron chi connectivity index (χ0n) is 14.4. The average Bonchev–Trinajstić information content (AvgIpc) is 2.61. The van der Waals surface area contributed by atoms with Crippen LogP contribution in [0.25, 0.3) is 0 Å². The second-order valence-corrected chi connectivity index (χ2v) is 7.99. The minimum atomic E-state index is -1.11. The lowest BCUT2D eigenvalue weighted by molar-refractivity contribution is -0.109. The highest BCUT2D eigenvalue weighted by Crippen LogP contribution is 2.30. The molecule has 4 nitrogen and oxygen atoms in total. The molecule has 0 fully saturated rings. The maximum Gasteiger partial charge on any atom is 0.408 e.